The fraction of sp³-hybridized carbons (Fsp3) is 0.474. The minimum atomic E-state index is -0.186. The molecule has 1 saturated heterocycles. The Balaban J connectivity index is 1.44. The Morgan fingerprint density at radius 2 is 2.14 bits per heavy atom. The molecule has 0 atom stereocenters. The summed E-state index contributed by atoms with van der Waals surface area (Å²) < 4.78 is 14.6. The van der Waals surface area contributed by atoms with E-state index < -0.39 is 0 Å². The molecule has 4 rings (SSSR count). The summed E-state index contributed by atoms with van der Waals surface area (Å²) in [6.07, 6.45) is 8.79. The van der Waals surface area contributed by atoms with Crippen molar-refractivity contribution in [1.82, 2.24) is 29.4 Å². The highest BCUT2D eigenvalue weighted by molar-refractivity contribution is 5.96. The van der Waals surface area contributed by atoms with Crippen molar-refractivity contribution in [3.63, 3.8) is 0 Å². The van der Waals surface area contributed by atoms with Crippen LogP contribution in [0.15, 0.2) is 31.1 Å². The zero-order valence-electron chi connectivity index (χ0n) is 15.9. The van der Waals surface area contributed by atoms with Crippen LogP contribution in [0.2, 0.25) is 0 Å². The molecule has 1 amide bonds. The fourth-order valence-corrected chi connectivity index (χ4v) is 3.43. The van der Waals surface area contributed by atoms with Crippen molar-refractivity contribution in [2.45, 2.75) is 32.0 Å². The molecule has 1 aliphatic heterocycles. The number of rotatable bonds is 7. The van der Waals surface area contributed by atoms with Gasteiger partial charge in [0.25, 0.3) is 5.91 Å². The predicted octanol–water partition coefficient (Wildman–Crippen LogP) is 1.56. The smallest absolute Gasteiger partial charge is 0.253 e. The molecule has 0 spiro atoms. The maximum atomic E-state index is 12.6. The van der Waals surface area contributed by atoms with Crippen molar-refractivity contribution in [1.29, 1.82) is 0 Å². The van der Waals surface area contributed by atoms with Crippen LogP contribution < -0.4 is 5.32 Å². The summed E-state index contributed by atoms with van der Waals surface area (Å²) in [7, 11) is 1.66. The van der Waals surface area contributed by atoms with Gasteiger partial charge in [-0.05, 0) is 18.9 Å². The molecule has 28 heavy (non-hydrogen) atoms. The van der Waals surface area contributed by atoms with Gasteiger partial charge < -0.3 is 23.9 Å². The largest absolute Gasteiger partial charge is 0.383 e. The van der Waals surface area contributed by atoms with Gasteiger partial charge in [0.05, 0.1) is 37.1 Å². The third-order valence-electron chi connectivity index (χ3n) is 5.02. The van der Waals surface area contributed by atoms with E-state index in [1.54, 1.807) is 31.9 Å². The molecule has 0 bridgehead atoms. The van der Waals surface area contributed by atoms with Crippen molar-refractivity contribution in [2.24, 2.45) is 0 Å². The summed E-state index contributed by atoms with van der Waals surface area (Å²) in [4.78, 5) is 25.6. The van der Waals surface area contributed by atoms with Crippen LogP contribution in [0.4, 0.5) is 0 Å². The van der Waals surface area contributed by atoms with Gasteiger partial charge in [-0.1, -0.05) is 0 Å². The van der Waals surface area contributed by atoms with Crippen LogP contribution in [0, 0.1) is 0 Å². The highest BCUT2D eigenvalue weighted by atomic mass is 16.5. The summed E-state index contributed by atoms with van der Waals surface area (Å²) in [5.41, 5.74) is 2.95. The van der Waals surface area contributed by atoms with Gasteiger partial charge in [0.2, 0.25) is 0 Å². The lowest BCUT2D eigenvalue weighted by molar-refractivity contribution is 0.0704. The van der Waals surface area contributed by atoms with Gasteiger partial charge in [0.15, 0.2) is 5.65 Å². The van der Waals surface area contributed by atoms with Crippen molar-refractivity contribution in [2.75, 3.05) is 26.9 Å². The van der Waals surface area contributed by atoms with Crippen LogP contribution in [-0.2, 0) is 22.6 Å². The highest BCUT2D eigenvalue weighted by Gasteiger charge is 2.19. The highest BCUT2D eigenvalue weighted by Crippen LogP contribution is 2.24. The van der Waals surface area contributed by atoms with Gasteiger partial charge in [0, 0.05) is 45.3 Å². The SMILES string of the molecule is COCCn1cncc1CNC(=O)c1cnc2c(c1)ncn2C1CCOCC1. The standard InChI is InChI=1S/C19H24N6O3/c1-27-7-4-24-12-20-10-16(24)11-22-19(26)14-8-17-18(21-9-14)25(13-23-17)15-2-5-28-6-3-15/h8-10,12-13,15H,2-7,11H2,1H3,(H,22,26). The number of methoxy groups -OCH3 is 1. The lowest BCUT2D eigenvalue weighted by atomic mass is 10.1. The van der Waals surface area contributed by atoms with Gasteiger partial charge in [-0.3, -0.25) is 4.79 Å². The number of carbonyl (C=O) groups is 1. The summed E-state index contributed by atoms with van der Waals surface area (Å²) in [6, 6.07) is 2.13. The number of fused-ring (bicyclic) bond motifs is 1. The number of pyridine rings is 1. The van der Waals surface area contributed by atoms with Gasteiger partial charge in [-0.25, -0.2) is 15.0 Å². The van der Waals surface area contributed by atoms with Crippen molar-refractivity contribution >= 4 is 17.1 Å². The minimum Gasteiger partial charge on any atom is -0.383 e. The van der Waals surface area contributed by atoms with Crippen LogP contribution in [0.1, 0.15) is 34.9 Å². The molecule has 0 saturated carbocycles. The number of hydrogen-bond donors (Lipinski definition) is 1. The van der Waals surface area contributed by atoms with E-state index in [4.69, 9.17) is 9.47 Å². The molecular formula is C19H24N6O3. The molecule has 9 heteroatoms. The lowest BCUT2D eigenvalue weighted by Crippen LogP contribution is -2.24. The molecule has 1 aliphatic rings. The zero-order valence-corrected chi connectivity index (χ0v) is 15.9. The number of ether oxygens (including phenoxy) is 2. The van der Waals surface area contributed by atoms with E-state index in [0.717, 1.165) is 42.9 Å². The first-order chi connectivity index (χ1) is 13.8. The van der Waals surface area contributed by atoms with Crippen LogP contribution in [-0.4, -0.2) is 56.9 Å². The summed E-state index contributed by atoms with van der Waals surface area (Å²) >= 11 is 0. The summed E-state index contributed by atoms with van der Waals surface area (Å²) in [5, 5.41) is 2.92. The first-order valence-corrected chi connectivity index (χ1v) is 9.42. The molecule has 0 radical (unpaired) electrons. The number of imidazole rings is 2. The van der Waals surface area contributed by atoms with E-state index >= 15 is 0 Å². The minimum absolute atomic E-state index is 0.186. The molecule has 4 heterocycles. The number of amides is 1. The van der Waals surface area contributed by atoms with Crippen molar-refractivity contribution < 1.29 is 14.3 Å². The monoisotopic (exact) mass is 384 g/mol. The Hall–Kier alpha value is -2.78. The third-order valence-corrected chi connectivity index (χ3v) is 5.02. The third kappa shape index (κ3) is 3.90. The second kappa shape index (κ2) is 8.49. The molecule has 148 valence electrons. The van der Waals surface area contributed by atoms with E-state index in [-0.39, 0.29) is 5.91 Å². The second-order valence-electron chi connectivity index (χ2n) is 6.82. The number of nitrogens with one attached hydrogen (secondary N) is 1. The van der Waals surface area contributed by atoms with E-state index in [1.807, 2.05) is 10.9 Å². The number of carbonyl (C=O) groups excluding carboxylic acids is 1. The van der Waals surface area contributed by atoms with E-state index in [2.05, 4.69) is 24.8 Å². The molecule has 3 aromatic rings. The topological polar surface area (TPSA) is 96.1 Å². The summed E-state index contributed by atoms with van der Waals surface area (Å²) in [5.74, 6) is -0.186. The lowest BCUT2D eigenvalue weighted by Gasteiger charge is -2.23. The average Bonchev–Trinajstić information content (AvgIpc) is 3.37. The first-order valence-electron chi connectivity index (χ1n) is 9.42. The Kier molecular flexibility index (Phi) is 5.63. The average molecular weight is 384 g/mol. The van der Waals surface area contributed by atoms with Gasteiger partial charge in [-0.15, -0.1) is 0 Å². The van der Waals surface area contributed by atoms with Crippen LogP contribution >= 0.6 is 0 Å². The normalized spacial score (nSPS) is 15.2. The van der Waals surface area contributed by atoms with E-state index in [0.29, 0.717) is 31.3 Å². The molecular weight excluding hydrogens is 360 g/mol. The van der Waals surface area contributed by atoms with Crippen LogP contribution in [0.25, 0.3) is 11.2 Å². The number of nitrogens with zero attached hydrogens (tertiary/aromatic N) is 5. The van der Waals surface area contributed by atoms with Crippen molar-refractivity contribution in [3.05, 3.63) is 42.4 Å². The van der Waals surface area contributed by atoms with Crippen LogP contribution in [0.3, 0.4) is 0 Å². The molecule has 0 aromatic carbocycles. The molecule has 9 nitrogen and oxygen atoms in total. The second-order valence-corrected chi connectivity index (χ2v) is 6.82. The Bertz CT molecular complexity index is 944. The summed E-state index contributed by atoms with van der Waals surface area (Å²) in [6.45, 7) is 3.18. The molecule has 0 aliphatic carbocycles. The van der Waals surface area contributed by atoms with Crippen LogP contribution in [0.5, 0.6) is 0 Å². The maximum absolute atomic E-state index is 12.6. The maximum Gasteiger partial charge on any atom is 0.253 e. The van der Waals surface area contributed by atoms with Gasteiger partial charge >= 0.3 is 0 Å². The Morgan fingerprint density at radius 3 is 2.96 bits per heavy atom. The number of hydrogen-bond acceptors (Lipinski definition) is 6. The number of aromatic nitrogens is 5. The molecule has 3 aromatic heterocycles. The quantitative estimate of drug-likeness (QED) is 0.664. The van der Waals surface area contributed by atoms with Gasteiger partial charge in [0.1, 0.15) is 5.52 Å². The predicted molar refractivity (Wildman–Crippen MR) is 102 cm³/mol. The van der Waals surface area contributed by atoms with E-state index in [1.165, 1.54) is 0 Å². The van der Waals surface area contributed by atoms with E-state index in [9.17, 15) is 4.79 Å². The van der Waals surface area contributed by atoms with Gasteiger partial charge in [-0.2, -0.15) is 0 Å². The fourth-order valence-electron chi connectivity index (χ4n) is 3.43. The Morgan fingerprint density at radius 1 is 1.29 bits per heavy atom. The first kappa shape index (κ1) is 18.6. The molecule has 1 N–H and O–H groups in total. The molecule has 1 fully saturated rings. The Labute approximate surface area is 162 Å². The molecule has 0 unspecified atom stereocenters. The van der Waals surface area contributed by atoms with Crippen molar-refractivity contribution in [3.8, 4) is 0 Å². The zero-order chi connectivity index (χ0) is 19.3.